The Morgan fingerprint density at radius 2 is 1.70 bits per heavy atom. The summed E-state index contributed by atoms with van der Waals surface area (Å²) in [7, 11) is 1.47. The summed E-state index contributed by atoms with van der Waals surface area (Å²) in [5, 5.41) is 11.5. The quantitative estimate of drug-likeness (QED) is 0.200. The molecule has 0 bridgehead atoms. The third-order valence-corrected chi connectivity index (χ3v) is 6.21. The third kappa shape index (κ3) is 4.98. The molecular formula is C30H29NO6. The fourth-order valence-corrected chi connectivity index (χ4v) is 4.47. The lowest BCUT2D eigenvalue weighted by Gasteiger charge is -2.26. The van der Waals surface area contributed by atoms with E-state index in [9.17, 15) is 19.5 Å². The van der Waals surface area contributed by atoms with Gasteiger partial charge in [-0.1, -0.05) is 54.4 Å². The number of carbonyl (C=O) groups excluding carboxylic acids is 3. The Morgan fingerprint density at radius 1 is 0.973 bits per heavy atom. The van der Waals surface area contributed by atoms with Crippen LogP contribution in [0.4, 0.5) is 5.69 Å². The van der Waals surface area contributed by atoms with E-state index in [1.165, 1.54) is 18.1 Å². The van der Waals surface area contributed by atoms with E-state index >= 15 is 0 Å². The monoisotopic (exact) mass is 499 g/mol. The zero-order valence-corrected chi connectivity index (χ0v) is 21.3. The van der Waals surface area contributed by atoms with Gasteiger partial charge in [0.2, 0.25) is 0 Å². The Hall–Kier alpha value is -4.39. The Morgan fingerprint density at radius 3 is 2.41 bits per heavy atom. The molecule has 1 aliphatic rings. The summed E-state index contributed by atoms with van der Waals surface area (Å²) < 4.78 is 10.7. The van der Waals surface area contributed by atoms with Gasteiger partial charge in [0.15, 0.2) is 0 Å². The number of nitrogens with zero attached hydrogens (tertiary/aromatic N) is 1. The van der Waals surface area contributed by atoms with E-state index in [1.54, 1.807) is 36.4 Å². The number of aryl methyl sites for hydroxylation is 2. The van der Waals surface area contributed by atoms with Crippen molar-refractivity contribution in [1.29, 1.82) is 0 Å². The Labute approximate surface area is 215 Å². The first-order valence-electron chi connectivity index (χ1n) is 12.1. The molecule has 0 saturated carbocycles. The van der Waals surface area contributed by atoms with Crippen molar-refractivity contribution >= 4 is 29.1 Å². The van der Waals surface area contributed by atoms with Gasteiger partial charge in [-0.2, -0.15) is 0 Å². The molecule has 7 heteroatoms. The maximum atomic E-state index is 13.5. The van der Waals surface area contributed by atoms with Gasteiger partial charge >= 0.3 is 5.97 Å². The number of amides is 1. The zero-order chi connectivity index (χ0) is 26.7. The van der Waals surface area contributed by atoms with Gasteiger partial charge in [-0.3, -0.25) is 14.5 Å². The molecule has 1 saturated heterocycles. The van der Waals surface area contributed by atoms with Gasteiger partial charge in [-0.15, -0.1) is 0 Å². The summed E-state index contributed by atoms with van der Waals surface area (Å²) in [4.78, 5) is 40.8. The number of hydrogen-bond acceptors (Lipinski definition) is 6. The number of esters is 1. The summed E-state index contributed by atoms with van der Waals surface area (Å²) in [6, 6.07) is 18.1. The van der Waals surface area contributed by atoms with E-state index in [4.69, 9.17) is 9.47 Å². The van der Waals surface area contributed by atoms with Crippen LogP contribution in [-0.2, 0) is 14.3 Å². The van der Waals surface area contributed by atoms with Gasteiger partial charge in [0, 0.05) is 5.69 Å². The van der Waals surface area contributed by atoms with Crippen LogP contribution in [0.2, 0.25) is 0 Å². The molecule has 1 heterocycles. The van der Waals surface area contributed by atoms with Crippen molar-refractivity contribution in [2.45, 2.75) is 33.2 Å². The molecule has 0 spiro atoms. The van der Waals surface area contributed by atoms with Crippen molar-refractivity contribution in [2.24, 2.45) is 0 Å². The molecule has 190 valence electrons. The van der Waals surface area contributed by atoms with Gasteiger partial charge in [0.25, 0.3) is 11.7 Å². The second kappa shape index (κ2) is 10.7. The van der Waals surface area contributed by atoms with Gasteiger partial charge in [-0.05, 0) is 56.2 Å². The largest absolute Gasteiger partial charge is 0.507 e. The predicted octanol–water partition coefficient (Wildman–Crippen LogP) is 5.51. The first-order valence-corrected chi connectivity index (χ1v) is 12.1. The minimum absolute atomic E-state index is 0.0570. The normalized spacial score (nSPS) is 16.6. The molecule has 1 atom stereocenters. The molecule has 4 rings (SSSR count). The maximum absolute atomic E-state index is 13.5. The van der Waals surface area contributed by atoms with E-state index in [-0.39, 0.29) is 23.5 Å². The molecule has 1 aliphatic heterocycles. The van der Waals surface area contributed by atoms with E-state index in [1.807, 2.05) is 45.0 Å². The van der Waals surface area contributed by atoms with Gasteiger partial charge in [0.05, 0.1) is 36.5 Å². The first-order chi connectivity index (χ1) is 17.8. The first kappa shape index (κ1) is 25.7. The smallest absolute Gasteiger partial charge is 0.338 e. The number of rotatable bonds is 7. The Kier molecular flexibility index (Phi) is 7.43. The van der Waals surface area contributed by atoms with E-state index in [2.05, 4.69) is 0 Å². The number of Topliss-reactive ketones (excluding diaryl/α,β-unsaturated/α-hetero) is 1. The number of carbonyl (C=O) groups is 3. The average molecular weight is 500 g/mol. The van der Waals surface area contributed by atoms with Gasteiger partial charge in [0.1, 0.15) is 11.5 Å². The molecule has 3 aromatic carbocycles. The molecule has 3 aromatic rings. The minimum atomic E-state index is -0.924. The minimum Gasteiger partial charge on any atom is -0.507 e. The highest BCUT2D eigenvalue weighted by molar-refractivity contribution is 6.51. The van der Waals surface area contributed by atoms with Crippen LogP contribution in [-0.4, -0.2) is 36.5 Å². The zero-order valence-electron chi connectivity index (χ0n) is 21.3. The summed E-state index contributed by atoms with van der Waals surface area (Å²) in [6.07, 6.45) is 0.676. The molecule has 0 aromatic heterocycles. The second-order valence-electron chi connectivity index (χ2n) is 8.97. The number of ketones is 1. The predicted molar refractivity (Wildman–Crippen MR) is 141 cm³/mol. The number of benzene rings is 3. The highest BCUT2D eigenvalue weighted by Crippen LogP contribution is 2.43. The van der Waals surface area contributed by atoms with Gasteiger partial charge in [-0.25, -0.2) is 4.79 Å². The molecule has 7 nitrogen and oxygen atoms in total. The van der Waals surface area contributed by atoms with Crippen molar-refractivity contribution < 1.29 is 29.0 Å². The van der Waals surface area contributed by atoms with Crippen LogP contribution >= 0.6 is 0 Å². The molecular weight excluding hydrogens is 470 g/mol. The number of ether oxygens (including phenoxy) is 2. The van der Waals surface area contributed by atoms with Crippen molar-refractivity contribution in [3.8, 4) is 5.75 Å². The fraction of sp³-hybridized carbons (Fsp3) is 0.233. The molecule has 0 radical (unpaired) electrons. The highest BCUT2D eigenvalue weighted by Gasteiger charge is 2.47. The van der Waals surface area contributed by atoms with Crippen molar-refractivity contribution in [2.75, 3.05) is 18.6 Å². The molecule has 0 aliphatic carbocycles. The molecule has 1 fully saturated rings. The molecule has 37 heavy (non-hydrogen) atoms. The number of hydrogen-bond donors (Lipinski definition) is 1. The molecule has 1 N–H and O–H groups in total. The number of aliphatic hydroxyl groups excluding tert-OH is 1. The average Bonchev–Trinajstić information content (AvgIpc) is 3.17. The lowest BCUT2D eigenvalue weighted by Crippen LogP contribution is -2.29. The van der Waals surface area contributed by atoms with Crippen LogP contribution in [0, 0.1) is 13.8 Å². The standard InChI is InChI=1S/C30H29NO6/c1-5-14-37-30(35)21-10-7-11-22(17-21)31-26(20-9-6-8-18(2)15-20)25(28(33)29(31)34)27(32)23-16-19(3)12-13-24(23)36-4/h6-13,15-17,26,32H,5,14H2,1-4H3/b27-25+. The second-order valence-corrected chi connectivity index (χ2v) is 8.97. The Bertz CT molecular complexity index is 1410. The summed E-state index contributed by atoms with van der Waals surface area (Å²) in [5.74, 6) is -2.11. The third-order valence-electron chi connectivity index (χ3n) is 6.21. The lowest BCUT2D eigenvalue weighted by atomic mass is 9.93. The van der Waals surface area contributed by atoms with Crippen LogP contribution in [0.1, 0.15) is 52.0 Å². The maximum Gasteiger partial charge on any atom is 0.338 e. The van der Waals surface area contributed by atoms with Crippen LogP contribution in [0.5, 0.6) is 5.75 Å². The summed E-state index contributed by atoms with van der Waals surface area (Å²) in [6.45, 7) is 5.93. The van der Waals surface area contributed by atoms with E-state index in [0.717, 1.165) is 11.1 Å². The molecule has 1 amide bonds. The van der Waals surface area contributed by atoms with Crippen LogP contribution in [0.25, 0.3) is 5.76 Å². The van der Waals surface area contributed by atoms with Gasteiger partial charge < -0.3 is 14.6 Å². The van der Waals surface area contributed by atoms with Crippen LogP contribution in [0.15, 0.2) is 72.3 Å². The fourth-order valence-electron chi connectivity index (χ4n) is 4.47. The number of anilines is 1. The summed E-state index contributed by atoms with van der Waals surface area (Å²) in [5.41, 5.74) is 3.28. The van der Waals surface area contributed by atoms with Crippen LogP contribution < -0.4 is 9.64 Å². The number of methoxy groups -OCH3 is 1. The van der Waals surface area contributed by atoms with E-state index in [0.29, 0.717) is 29.0 Å². The molecule has 1 unspecified atom stereocenters. The van der Waals surface area contributed by atoms with Crippen molar-refractivity contribution in [3.05, 3.63) is 100 Å². The lowest BCUT2D eigenvalue weighted by molar-refractivity contribution is -0.132. The summed E-state index contributed by atoms with van der Waals surface area (Å²) >= 11 is 0. The van der Waals surface area contributed by atoms with Crippen LogP contribution in [0.3, 0.4) is 0 Å². The SMILES string of the molecule is CCCOC(=O)c1cccc(N2C(=O)C(=O)/C(=C(/O)c3cc(C)ccc3OC)C2c2cccc(C)c2)c1. The number of aliphatic hydroxyl groups is 1. The van der Waals surface area contributed by atoms with Crippen molar-refractivity contribution in [3.63, 3.8) is 0 Å². The highest BCUT2D eigenvalue weighted by atomic mass is 16.5. The van der Waals surface area contributed by atoms with Crippen molar-refractivity contribution in [1.82, 2.24) is 0 Å². The van der Waals surface area contributed by atoms with E-state index < -0.39 is 23.7 Å². The topological polar surface area (TPSA) is 93.1 Å². The Balaban J connectivity index is 1.93.